The molecule has 0 aliphatic rings. The molecule has 0 spiro atoms. The third kappa shape index (κ3) is 2.85. The molecule has 0 fully saturated rings. The Labute approximate surface area is 95.2 Å². The van der Waals surface area contributed by atoms with Crippen molar-refractivity contribution in [3.05, 3.63) is 29.6 Å². The SMILES string of the molecule is COc1ccc(F)cc1C(C)(C)CCCl. The lowest BCUT2D eigenvalue weighted by Gasteiger charge is -2.26. The fourth-order valence-corrected chi connectivity index (χ4v) is 2.05. The number of hydrogen-bond donors (Lipinski definition) is 0. The molecular weight excluding hydrogens is 215 g/mol. The van der Waals surface area contributed by atoms with Gasteiger partial charge in [0.2, 0.25) is 0 Å². The van der Waals surface area contributed by atoms with Crippen molar-refractivity contribution in [1.29, 1.82) is 0 Å². The minimum Gasteiger partial charge on any atom is -0.496 e. The summed E-state index contributed by atoms with van der Waals surface area (Å²) in [4.78, 5) is 0. The topological polar surface area (TPSA) is 9.23 Å². The average molecular weight is 231 g/mol. The molecule has 0 aliphatic carbocycles. The van der Waals surface area contributed by atoms with Crippen molar-refractivity contribution in [2.45, 2.75) is 25.7 Å². The van der Waals surface area contributed by atoms with Crippen LogP contribution in [-0.4, -0.2) is 13.0 Å². The number of halogens is 2. The number of ether oxygens (including phenoxy) is 1. The second kappa shape index (κ2) is 4.84. The molecule has 84 valence electrons. The standard InChI is InChI=1S/C12H16ClFO/c1-12(2,6-7-13)10-8-9(14)4-5-11(10)15-3/h4-5,8H,6-7H2,1-3H3. The smallest absolute Gasteiger partial charge is 0.123 e. The lowest BCUT2D eigenvalue weighted by Crippen LogP contribution is -2.19. The van der Waals surface area contributed by atoms with Crippen LogP contribution in [0.15, 0.2) is 18.2 Å². The van der Waals surface area contributed by atoms with Crippen molar-refractivity contribution in [3.63, 3.8) is 0 Å². The summed E-state index contributed by atoms with van der Waals surface area (Å²) < 4.78 is 18.4. The van der Waals surface area contributed by atoms with E-state index in [-0.39, 0.29) is 11.2 Å². The molecule has 3 heteroatoms. The summed E-state index contributed by atoms with van der Waals surface area (Å²) in [5.41, 5.74) is 0.695. The molecule has 0 amide bonds. The number of rotatable bonds is 4. The van der Waals surface area contributed by atoms with Crippen LogP contribution in [0.3, 0.4) is 0 Å². The second-order valence-corrected chi connectivity index (χ2v) is 4.55. The Morgan fingerprint density at radius 3 is 2.60 bits per heavy atom. The van der Waals surface area contributed by atoms with Gasteiger partial charge >= 0.3 is 0 Å². The van der Waals surface area contributed by atoms with Crippen LogP contribution in [0.5, 0.6) is 5.75 Å². The Kier molecular flexibility index (Phi) is 3.97. The van der Waals surface area contributed by atoms with Crippen molar-refractivity contribution < 1.29 is 9.13 Å². The zero-order valence-corrected chi connectivity index (χ0v) is 10.1. The van der Waals surface area contributed by atoms with Crippen molar-refractivity contribution in [1.82, 2.24) is 0 Å². The molecule has 1 nitrogen and oxygen atoms in total. The van der Waals surface area contributed by atoms with Gasteiger partial charge in [-0.2, -0.15) is 0 Å². The van der Waals surface area contributed by atoms with Crippen LogP contribution in [0.25, 0.3) is 0 Å². The van der Waals surface area contributed by atoms with Crippen LogP contribution in [0.2, 0.25) is 0 Å². The molecule has 0 atom stereocenters. The summed E-state index contributed by atoms with van der Waals surface area (Å²) in [6.45, 7) is 4.07. The molecule has 0 N–H and O–H groups in total. The van der Waals surface area contributed by atoms with Gasteiger partial charge in [0.05, 0.1) is 7.11 Å². The lowest BCUT2D eigenvalue weighted by atomic mass is 9.81. The predicted molar refractivity (Wildman–Crippen MR) is 61.3 cm³/mol. The molecule has 0 heterocycles. The third-order valence-corrected chi connectivity index (χ3v) is 2.80. The summed E-state index contributed by atoms with van der Waals surface area (Å²) >= 11 is 5.74. The Bertz CT molecular complexity index is 336. The maximum absolute atomic E-state index is 13.2. The fourth-order valence-electron chi connectivity index (χ4n) is 1.58. The first-order valence-corrected chi connectivity index (χ1v) is 5.44. The van der Waals surface area contributed by atoms with Gasteiger partial charge in [0.25, 0.3) is 0 Å². The highest BCUT2D eigenvalue weighted by atomic mass is 35.5. The monoisotopic (exact) mass is 230 g/mol. The lowest BCUT2D eigenvalue weighted by molar-refractivity contribution is 0.387. The van der Waals surface area contributed by atoms with Crippen LogP contribution in [-0.2, 0) is 5.41 Å². The van der Waals surface area contributed by atoms with Gasteiger partial charge in [-0.25, -0.2) is 4.39 Å². The molecule has 15 heavy (non-hydrogen) atoms. The predicted octanol–water partition coefficient (Wildman–Crippen LogP) is 3.74. The molecule has 0 unspecified atom stereocenters. The molecule has 0 aromatic heterocycles. The van der Waals surface area contributed by atoms with Crippen molar-refractivity contribution >= 4 is 11.6 Å². The van der Waals surface area contributed by atoms with Gasteiger partial charge in [0.15, 0.2) is 0 Å². The van der Waals surface area contributed by atoms with Gasteiger partial charge in [-0.05, 0) is 30.0 Å². The molecular formula is C12H16ClFO. The minimum absolute atomic E-state index is 0.171. The van der Waals surface area contributed by atoms with Crippen LogP contribution in [0.1, 0.15) is 25.8 Å². The first kappa shape index (κ1) is 12.3. The van der Waals surface area contributed by atoms with Crippen LogP contribution in [0.4, 0.5) is 4.39 Å². The molecule has 1 aromatic rings. The summed E-state index contributed by atoms with van der Waals surface area (Å²) in [5, 5.41) is 0. The second-order valence-electron chi connectivity index (χ2n) is 4.17. The Hall–Kier alpha value is -0.760. The van der Waals surface area contributed by atoms with Crippen LogP contribution in [0, 0.1) is 5.82 Å². The summed E-state index contributed by atoms with van der Waals surface area (Å²) in [6.07, 6.45) is 0.786. The van der Waals surface area contributed by atoms with Crippen molar-refractivity contribution in [2.75, 3.05) is 13.0 Å². The van der Waals surface area contributed by atoms with Gasteiger partial charge < -0.3 is 4.74 Å². The maximum atomic E-state index is 13.2. The van der Waals surface area contributed by atoms with Crippen LogP contribution >= 0.6 is 11.6 Å². The highest BCUT2D eigenvalue weighted by Gasteiger charge is 2.24. The molecule has 0 saturated carbocycles. The highest BCUT2D eigenvalue weighted by Crippen LogP contribution is 2.34. The van der Waals surface area contributed by atoms with Gasteiger partial charge in [0, 0.05) is 11.4 Å². The van der Waals surface area contributed by atoms with E-state index in [1.165, 1.54) is 12.1 Å². The molecule has 0 aliphatic heterocycles. The Balaban J connectivity index is 3.15. The Morgan fingerprint density at radius 2 is 2.07 bits per heavy atom. The minimum atomic E-state index is -0.242. The number of hydrogen-bond acceptors (Lipinski definition) is 1. The zero-order valence-electron chi connectivity index (χ0n) is 9.31. The van der Waals surface area contributed by atoms with Crippen molar-refractivity contribution in [2.24, 2.45) is 0 Å². The first-order chi connectivity index (χ1) is 7.01. The van der Waals surface area contributed by atoms with Gasteiger partial charge in [-0.15, -0.1) is 11.6 Å². The highest BCUT2D eigenvalue weighted by molar-refractivity contribution is 6.17. The van der Waals surface area contributed by atoms with E-state index in [1.807, 2.05) is 13.8 Å². The van der Waals surface area contributed by atoms with E-state index in [4.69, 9.17) is 16.3 Å². The molecule has 0 saturated heterocycles. The van der Waals surface area contributed by atoms with Gasteiger partial charge in [-0.1, -0.05) is 13.8 Å². The zero-order chi connectivity index (χ0) is 11.5. The largest absolute Gasteiger partial charge is 0.496 e. The normalized spacial score (nSPS) is 11.5. The van der Waals surface area contributed by atoms with E-state index in [1.54, 1.807) is 13.2 Å². The van der Waals surface area contributed by atoms with Gasteiger partial charge in [-0.3, -0.25) is 0 Å². The molecule has 0 radical (unpaired) electrons. The number of benzene rings is 1. The summed E-state index contributed by atoms with van der Waals surface area (Å²) in [6, 6.07) is 4.57. The average Bonchev–Trinajstić information content (AvgIpc) is 2.17. The number of methoxy groups -OCH3 is 1. The summed E-state index contributed by atoms with van der Waals surface area (Å²) in [7, 11) is 1.59. The molecule has 1 aromatic carbocycles. The van der Waals surface area contributed by atoms with E-state index < -0.39 is 0 Å². The summed E-state index contributed by atoms with van der Waals surface area (Å²) in [5.74, 6) is 1.02. The van der Waals surface area contributed by atoms with E-state index >= 15 is 0 Å². The first-order valence-electron chi connectivity index (χ1n) is 4.91. The van der Waals surface area contributed by atoms with E-state index in [0.29, 0.717) is 11.6 Å². The van der Waals surface area contributed by atoms with Gasteiger partial charge in [0.1, 0.15) is 11.6 Å². The Morgan fingerprint density at radius 1 is 1.40 bits per heavy atom. The van der Waals surface area contributed by atoms with E-state index in [9.17, 15) is 4.39 Å². The number of alkyl halides is 1. The third-order valence-electron chi connectivity index (χ3n) is 2.61. The maximum Gasteiger partial charge on any atom is 0.123 e. The fraction of sp³-hybridized carbons (Fsp3) is 0.500. The molecule has 0 bridgehead atoms. The quantitative estimate of drug-likeness (QED) is 0.716. The van der Waals surface area contributed by atoms with Crippen LogP contribution < -0.4 is 4.74 Å². The van der Waals surface area contributed by atoms with Crippen molar-refractivity contribution in [3.8, 4) is 5.75 Å². The molecule has 1 rings (SSSR count). The van der Waals surface area contributed by atoms with E-state index in [2.05, 4.69) is 0 Å². The van der Waals surface area contributed by atoms with E-state index in [0.717, 1.165) is 12.0 Å².